The van der Waals surface area contributed by atoms with Crippen LogP contribution in [0.4, 0.5) is 5.69 Å². The van der Waals surface area contributed by atoms with E-state index in [1.165, 1.54) is 0 Å². The summed E-state index contributed by atoms with van der Waals surface area (Å²) in [7, 11) is 0. The Morgan fingerprint density at radius 3 is 2.40 bits per heavy atom. The first kappa shape index (κ1) is 13.8. The van der Waals surface area contributed by atoms with Crippen molar-refractivity contribution < 1.29 is 10.0 Å². The van der Waals surface area contributed by atoms with Gasteiger partial charge in [-0.2, -0.15) is 0 Å². The van der Waals surface area contributed by atoms with Gasteiger partial charge in [0.2, 0.25) is 0 Å². The molecule has 102 valence electrons. The smallest absolute Gasteiger partial charge is 0.255 e. The number of oxime groups is 1. The average molecular weight is 268 g/mol. The van der Waals surface area contributed by atoms with E-state index in [0.29, 0.717) is 22.5 Å². The molecule has 4 heteroatoms. The van der Waals surface area contributed by atoms with E-state index in [1.54, 1.807) is 31.2 Å². The minimum absolute atomic E-state index is 0.191. The third-order valence-corrected chi connectivity index (χ3v) is 3.03. The van der Waals surface area contributed by atoms with E-state index in [0.717, 1.165) is 5.56 Å². The Labute approximate surface area is 117 Å². The Bertz CT molecular complexity index is 646. The molecule has 2 aromatic rings. The summed E-state index contributed by atoms with van der Waals surface area (Å²) in [6.07, 6.45) is 0. The Balaban J connectivity index is 2.26. The lowest BCUT2D eigenvalue weighted by Gasteiger charge is -2.10. The fourth-order valence-electron chi connectivity index (χ4n) is 1.86. The molecule has 20 heavy (non-hydrogen) atoms. The number of benzene rings is 2. The molecule has 2 rings (SSSR count). The molecule has 0 saturated heterocycles. The van der Waals surface area contributed by atoms with Crippen molar-refractivity contribution in [3.8, 4) is 0 Å². The molecular formula is C16H16N2O2. The molecule has 0 atom stereocenters. The van der Waals surface area contributed by atoms with E-state index in [4.69, 9.17) is 5.21 Å². The predicted octanol–water partition coefficient (Wildman–Crippen LogP) is 3.45. The van der Waals surface area contributed by atoms with Crippen LogP contribution in [0, 0.1) is 6.92 Å². The molecule has 2 aromatic carbocycles. The van der Waals surface area contributed by atoms with Crippen molar-refractivity contribution in [2.75, 3.05) is 5.32 Å². The molecule has 1 amide bonds. The molecule has 0 aliphatic carbocycles. The lowest BCUT2D eigenvalue weighted by atomic mass is 10.1. The minimum Gasteiger partial charge on any atom is -0.411 e. The van der Waals surface area contributed by atoms with Crippen molar-refractivity contribution in [2.24, 2.45) is 5.16 Å². The largest absolute Gasteiger partial charge is 0.411 e. The first-order valence-corrected chi connectivity index (χ1v) is 6.28. The fraction of sp³-hybridized carbons (Fsp3) is 0.125. The zero-order chi connectivity index (χ0) is 14.5. The molecule has 0 unspecified atom stereocenters. The third kappa shape index (κ3) is 3.03. The molecule has 0 aromatic heterocycles. The maximum atomic E-state index is 12.2. The van der Waals surface area contributed by atoms with Crippen LogP contribution in [0.2, 0.25) is 0 Å². The number of carbonyl (C=O) groups is 1. The van der Waals surface area contributed by atoms with Crippen molar-refractivity contribution in [3.05, 3.63) is 65.2 Å². The lowest BCUT2D eigenvalue weighted by Crippen LogP contribution is -2.14. The van der Waals surface area contributed by atoms with E-state index in [1.807, 2.05) is 31.2 Å². The van der Waals surface area contributed by atoms with Crippen LogP contribution >= 0.6 is 0 Å². The Morgan fingerprint density at radius 2 is 1.75 bits per heavy atom. The quantitative estimate of drug-likeness (QED) is 0.509. The lowest BCUT2D eigenvalue weighted by molar-refractivity contribution is 0.102. The van der Waals surface area contributed by atoms with E-state index in [-0.39, 0.29) is 5.91 Å². The first-order valence-electron chi connectivity index (χ1n) is 6.28. The number of anilines is 1. The normalized spacial score (nSPS) is 11.2. The van der Waals surface area contributed by atoms with Crippen molar-refractivity contribution in [1.29, 1.82) is 0 Å². The number of hydrogen-bond donors (Lipinski definition) is 2. The van der Waals surface area contributed by atoms with E-state index >= 15 is 0 Å². The van der Waals surface area contributed by atoms with Gasteiger partial charge < -0.3 is 10.5 Å². The van der Waals surface area contributed by atoms with Gasteiger partial charge in [0.15, 0.2) is 0 Å². The molecule has 2 N–H and O–H groups in total. The Morgan fingerprint density at radius 1 is 1.10 bits per heavy atom. The second-order valence-corrected chi connectivity index (χ2v) is 4.55. The average Bonchev–Trinajstić information content (AvgIpc) is 2.47. The summed E-state index contributed by atoms with van der Waals surface area (Å²) in [6.45, 7) is 3.65. The highest BCUT2D eigenvalue weighted by molar-refractivity contribution is 6.10. The molecule has 0 aliphatic heterocycles. The molecule has 0 fully saturated rings. The van der Waals surface area contributed by atoms with Gasteiger partial charge in [-0.1, -0.05) is 41.1 Å². The summed E-state index contributed by atoms with van der Waals surface area (Å²) >= 11 is 0. The van der Waals surface area contributed by atoms with Gasteiger partial charge in [0, 0.05) is 11.1 Å². The maximum absolute atomic E-state index is 12.2. The molecular weight excluding hydrogens is 252 g/mol. The van der Waals surface area contributed by atoms with Gasteiger partial charge in [0.25, 0.3) is 5.91 Å². The number of nitrogens with zero attached hydrogens (tertiary/aromatic N) is 1. The highest BCUT2D eigenvalue weighted by Gasteiger charge is 2.10. The van der Waals surface area contributed by atoms with Crippen LogP contribution in [-0.2, 0) is 0 Å². The van der Waals surface area contributed by atoms with Crippen molar-refractivity contribution in [1.82, 2.24) is 0 Å². The van der Waals surface area contributed by atoms with Crippen LogP contribution in [-0.4, -0.2) is 16.8 Å². The molecule has 0 saturated carbocycles. The van der Waals surface area contributed by atoms with Crippen LogP contribution < -0.4 is 5.32 Å². The molecule has 4 nitrogen and oxygen atoms in total. The summed E-state index contributed by atoms with van der Waals surface area (Å²) in [5, 5.41) is 14.9. The molecule has 0 bridgehead atoms. The number of hydrogen-bond acceptors (Lipinski definition) is 3. The van der Waals surface area contributed by atoms with Crippen LogP contribution in [0.5, 0.6) is 0 Å². The highest BCUT2D eigenvalue weighted by atomic mass is 16.4. The Kier molecular flexibility index (Phi) is 4.15. The second-order valence-electron chi connectivity index (χ2n) is 4.55. The Hall–Kier alpha value is -2.62. The summed E-state index contributed by atoms with van der Waals surface area (Å²) in [4.78, 5) is 12.2. The summed E-state index contributed by atoms with van der Waals surface area (Å²) in [5.41, 5.74) is 3.45. The monoisotopic (exact) mass is 268 g/mol. The van der Waals surface area contributed by atoms with Gasteiger partial charge in [0.1, 0.15) is 0 Å². The van der Waals surface area contributed by atoms with E-state index < -0.39 is 0 Å². The zero-order valence-electron chi connectivity index (χ0n) is 11.4. The molecule has 0 radical (unpaired) electrons. The van der Waals surface area contributed by atoms with Gasteiger partial charge in [-0.25, -0.2) is 0 Å². The number of para-hydroxylation sites is 1. The summed E-state index contributed by atoms with van der Waals surface area (Å²) in [5.74, 6) is -0.191. The van der Waals surface area contributed by atoms with Crippen molar-refractivity contribution >= 4 is 17.3 Å². The molecule has 0 spiro atoms. The van der Waals surface area contributed by atoms with Crippen molar-refractivity contribution in [2.45, 2.75) is 13.8 Å². The van der Waals surface area contributed by atoms with Gasteiger partial charge in [0.05, 0.1) is 11.4 Å². The van der Waals surface area contributed by atoms with Gasteiger partial charge in [-0.15, -0.1) is 0 Å². The molecule has 0 heterocycles. The van der Waals surface area contributed by atoms with Gasteiger partial charge in [-0.3, -0.25) is 4.79 Å². The summed E-state index contributed by atoms with van der Waals surface area (Å²) in [6, 6.07) is 14.5. The van der Waals surface area contributed by atoms with E-state index in [9.17, 15) is 4.79 Å². The molecule has 0 aliphatic rings. The summed E-state index contributed by atoms with van der Waals surface area (Å²) < 4.78 is 0. The number of carbonyl (C=O) groups excluding carboxylic acids is 1. The van der Waals surface area contributed by atoms with Crippen LogP contribution in [0.1, 0.15) is 28.4 Å². The topological polar surface area (TPSA) is 61.7 Å². The van der Waals surface area contributed by atoms with Crippen molar-refractivity contribution in [3.63, 3.8) is 0 Å². The van der Waals surface area contributed by atoms with Gasteiger partial charge >= 0.3 is 0 Å². The van der Waals surface area contributed by atoms with E-state index in [2.05, 4.69) is 10.5 Å². The number of rotatable bonds is 3. The van der Waals surface area contributed by atoms with Crippen LogP contribution in [0.3, 0.4) is 0 Å². The fourth-order valence-corrected chi connectivity index (χ4v) is 1.86. The highest BCUT2D eigenvalue weighted by Crippen LogP contribution is 2.17. The minimum atomic E-state index is -0.191. The maximum Gasteiger partial charge on any atom is 0.255 e. The standard InChI is InChI=1S/C16H16N2O2/c1-11-7-9-13(10-8-11)16(19)17-15-6-4-3-5-14(15)12(2)18-20/h3-10,20H,1-2H3,(H,17,19)/b18-12+. The van der Waals surface area contributed by atoms with Gasteiger partial charge in [-0.05, 0) is 32.0 Å². The third-order valence-electron chi connectivity index (χ3n) is 3.03. The number of aryl methyl sites for hydroxylation is 1. The SMILES string of the molecule is C/C(=N\O)c1ccccc1NC(=O)c1ccc(C)cc1. The first-order chi connectivity index (χ1) is 9.61. The van der Waals surface area contributed by atoms with Crippen LogP contribution in [0.25, 0.3) is 0 Å². The second kappa shape index (κ2) is 6.02. The number of amides is 1. The predicted molar refractivity (Wildman–Crippen MR) is 79.6 cm³/mol. The number of nitrogens with one attached hydrogen (secondary N) is 1. The zero-order valence-corrected chi connectivity index (χ0v) is 11.4. The van der Waals surface area contributed by atoms with Crippen LogP contribution in [0.15, 0.2) is 53.7 Å².